The second-order valence-electron chi connectivity index (χ2n) is 7.46. The molecule has 10 heteroatoms. The molecule has 0 fully saturated rings. The Kier molecular flexibility index (Phi) is 7.40. The average molecular weight is 507 g/mol. The highest BCUT2D eigenvalue weighted by Gasteiger charge is 2.16. The van der Waals surface area contributed by atoms with Crippen LogP contribution in [0, 0.1) is 0 Å². The molecular weight excluding hydrogens is 484 g/mol. The lowest BCUT2D eigenvalue weighted by atomic mass is 10.1. The third-order valence-electron chi connectivity index (χ3n) is 5.14. The van der Waals surface area contributed by atoms with Gasteiger partial charge in [-0.15, -0.1) is 0 Å². The fraction of sp³-hybridized carbons (Fsp3) is 0.0800. The summed E-state index contributed by atoms with van der Waals surface area (Å²) in [6, 6.07) is 25.5. The molecule has 35 heavy (non-hydrogen) atoms. The van der Waals surface area contributed by atoms with Crippen LogP contribution in [0.3, 0.4) is 0 Å². The summed E-state index contributed by atoms with van der Waals surface area (Å²) in [5, 5.41) is 7.89. The van der Waals surface area contributed by atoms with Crippen molar-refractivity contribution in [2.24, 2.45) is 5.10 Å². The van der Waals surface area contributed by atoms with Crippen LogP contribution in [0.4, 0.5) is 17.5 Å². The fourth-order valence-corrected chi connectivity index (χ4v) is 4.28. The summed E-state index contributed by atoms with van der Waals surface area (Å²) < 4.78 is 26.2. The second-order valence-corrected chi connectivity index (χ2v) is 9.70. The third-order valence-corrected chi connectivity index (χ3v) is 6.84. The molecule has 4 rings (SSSR count). The highest BCUT2D eigenvalue weighted by molar-refractivity contribution is 7.89. The van der Waals surface area contributed by atoms with E-state index in [1.165, 1.54) is 19.2 Å². The fourth-order valence-electron chi connectivity index (χ4n) is 3.28. The van der Waals surface area contributed by atoms with Crippen molar-refractivity contribution in [3.8, 4) is 11.1 Å². The van der Waals surface area contributed by atoms with Gasteiger partial charge in [0.05, 0.1) is 16.2 Å². The minimum atomic E-state index is -3.51. The Morgan fingerprint density at radius 2 is 1.51 bits per heavy atom. The summed E-state index contributed by atoms with van der Waals surface area (Å²) in [5.74, 6) is 0.737. The Morgan fingerprint density at radius 3 is 2.14 bits per heavy atom. The van der Waals surface area contributed by atoms with Crippen LogP contribution in [0.2, 0.25) is 5.15 Å². The van der Waals surface area contributed by atoms with Crippen LogP contribution in [-0.2, 0) is 10.0 Å². The molecule has 1 heterocycles. The van der Waals surface area contributed by atoms with E-state index in [9.17, 15) is 8.42 Å². The lowest BCUT2D eigenvalue weighted by molar-refractivity contribution is 0.588. The molecule has 178 valence electrons. The summed E-state index contributed by atoms with van der Waals surface area (Å²) >= 11 is 6.60. The number of anilines is 3. The van der Waals surface area contributed by atoms with Crippen LogP contribution < -0.4 is 15.5 Å². The quantitative estimate of drug-likeness (QED) is 0.170. The van der Waals surface area contributed by atoms with Crippen LogP contribution in [0.1, 0.15) is 12.5 Å². The minimum absolute atomic E-state index is 0.176. The Bertz CT molecular complexity index is 1450. The van der Waals surface area contributed by atoms with E-state index in [1.54, 1.807) is 12.1 Å². The first-order chi connectivity index (χ1) is 16.9. The van der Waals surface area contributed by atoms with Crippen LogP contribution in [0.25, 0.3) is 11.1 Å². The predicted octanol–water partition coefficient (Wildman–Crippen LogP) is 5.28. The molecule has 0 radical (unpaired) electrons. The van der Waals surface area contributed by atoms with E-state index < -0.39 is 10.0 Å². The largest absolute Gasteiger partial charge is 0.324 e. The van der Waals surface area contributed by atoms with Crippen molar-refractivity contribution >= 4 is 44.8 Å². The average Bonchev–Trinajstić information content (AvgIpc) is 2.88. The predicted molar refractivity (Wildman–Crippen MR) is 141 cm³/mol. The van der Waals surface area contributed by atoms with Crippen molar-refractivity contribution in [2.75, 3.05) is 17.8 Å². The van der Waals surface area contributed by atoms with Gasteiger partial charge >= 0.3 is 0 Å². The lowest BCUT2D eigenvalue weighted by Crippen LogP contribution is -2.18. The molecule has 1 aromatic heterocycles. The van der Waals surface area contributed by atoms with Crippen molar-refractivity contribution in [3.05, 3.63) is 95.6 Å². The Labute approximate surface area is 209 Å². The molecule has 0 aliphatic carbocycles. The number of para-hydroxylation sites is 1. The van der Waals surface area contributed by atoms with Crippen LogP contribution >= 0.6 is 11.6 Å². The number of hydrogen-bond donors (Lipinski definition) is 3. The van der Waals surface area contributed by atoms with Crippen molar-refractivity contribution < 1.29 is 8.42 Å². The smallest absolute Gasteiger partial charge is 0.240 e. The van der Waals surface area contributed by atoms with Gasteiger partial charge in [0, 0.05) is 5.69 Å². The van der Waals surface area contributed by atoms with E-state index in [2.05, 4.69) is 30.5 Å². The molecule has 0 saturated heterocycles. The number of rotatable bonds is 8. The minimum Gasteiger partial charge on any atom is -0.324 e. The Morgan fingerprint density at radius 1 is 0.886 bits per heavy atom. The molecule has 0 saturated carbocycles. The number of aromatic nitrogens is 2. The molecule has 0 amide bonds. The van der Waals surface area contributed by atoms with Crippen LogP contribution in [0.5, 0.6) is 0 Å². The molecule has 0 aliphatic rings. The van der Waals surface area contributed by atoms with Gasteiger partial charge in [0.15, 0.2) is 5.82 Å². The van der Waals surface area contributed by atoms with Gasteiger partial charge in [-0.2, -0.15) is 10.1 Å². The van der Waals surface area contributed by atoms with Gasteiger partial charge in [-0.05, 0) is 49.4 Å². The third kappa shape index (κ3) is 5.83. The maximum Gasteiger partial charge on any atom is 0.240 e. The number of nitrogens with zero attached hydrogens (tertiary/aromatic N) is 3. The van der Waals surface area contributed by atoms with Crippen LogP contribution in [0.15, 0.2) is 94.9 Å². The zero-order valence-electron chi connectivity index (χ0n) is 19.0. The van der Waals surface area contributed by atoms with Gasteiger partial charge < -0.3 is 5.32 Å². The van der Waals surface area contributed by atoms with E-state index in [1.807, 2.05) is 67.6 Å². The number of sulfonamides is 1. The van der Waals surface area contributed by atoms with Crippen molar-refractivity contribution in [3.63, 3.8) is 0 Å². The number of hydrazone groups is 1. The molecule has 3 aromatic carbocycles. The molecule has 3 N–H and O–H groups in total. The van der Waals surface area contributed by atoms with Crippen molar-refractivity contribution in [2.45, 2.75) is 11.8 Å². The van der Waals surface area contributed by atoms with Gasteiger partial charge in [-0.25, -0.2) is 18.1 Å². The van der Waals surface area contributed by atoms with Gasteiger partial charge in [0.25, 0.3) is 0 Å². The van der Waals surface area contributed by atoms with Gasteiger partial charge in [0.2, 0.25) is 16.0 Å². The van der Waals surface area contributed by atoms with Crippen LogP contribution in [-0.4, -0.2) is 31.1 Å². The molecule has 0 atom stereocenters. The topological polar surface area (TPSA) is 108 Å². The van der Waals surface area contributed by atoms with E-state index in [-0.39, 0.29) is 10.0 Å². The molecule has 0 spiro atoms. The maximum atomic E-state index is 12.0. The molecule has 8 nitrogen and oxygen atoms in total. The molecular formula is C25H23ClN6O2S. The van der Waals surface area contributed by atoms with Gasteiger partial charge in [-0.1, -0.05) is 72.3 Å². The molecule has 0 aliphatic heterocycles. The van der Waals surface area contributed by atoms with E-state index in [0.717, 1.165) is 16.8 Å². The number of benzene rings is 3. The summed E-state index contributed by atoms with van der Waals surface area (Å²) in [6.45, 7) is 1.81. The highest BCUT2D eigenvalue weighted by atomic mass is 35.5. The Balaban J connectivity index is 1.68. The molecule has 0 unspecified atom stereocenters. The summed E-state index contributed by atoms with van der Waals surface area (Å²) in [6.07, 6.45) is 0. The van der Waals surface area contributed by atoms with Gasteiger partial charge in [0.1, 0.15) is 5.15 Å². The van der Waals surface area contributed by atoms with Gasteiger partial charge in [-0.3, -0.25) is 5.43 Å². The Hall–Kier alpha value is -3.79. The highest BCUT2D eigenvalue weighted by Crippen LogP contribution is 2.34. The first-order valence-corrected chi connectivity index (χ1v) is 12.5. The van der Waals surface area contributed by atoms with E-state index in [4.69, 9.17) is 11.6 Å². The standard InChI is InChI=1S/C25H23ClN6O2S/c1-17(18-13-15-21(16-14-18)35(33,34)27-2)31-32-24-22(19-9-5-3-6-10-19)23(26)29-25(30-24)28-20-11-7-4-8-12-20/h3-16,27H,1-2H3,(H2,28,29,30,32). The lowest BCUT2D eigenvalue weighted by Gasteiger charge is -2.13. The first kappa shape index (κ1) is 24.3. The molecule has 4 aromatic rings. The summed E-state index contributed by atoms with van der Waals surface area (Å²) in [5.41, 5.74) is 6.65. The monoisotopic (exact) mass is 506 g/mol. The first-order valence-electron chi connectivity index (χ1n) is 10.7. The zero-order valence-corrected chi connectivity index (χ0v) is 20.6. The van der Waals surface area contributed by atoms with E-state index in [0.29, 0.717) is 23.0 Å². The number of hydrogen-bond acceptors (Lipinski definition) is 7. The van der Waals surface area contributed by atoms with E-state index >= 15 is 0 Å². The normalized spacial score (nSPS) is 11.8. The zero-order chi connectivity index (χ0) is 24.8. The molecule has 0 bridgehead atoms. The SMILES string of the molecule is CNS(=O)(=O)c1ccc(C(C)=NNc2nc(Nc3ccccc3)nc(Cl)c2-c2ccccc2)cc1. The summed E-state index contributed by atoms with van der Waals surface area (Å²) in [4.78, 5) is 9.22. The van der Waals surface area contributed by atoms with Crippen molar-refractivity contribution in [1.29, 1.82) is 0 Å². The second kappa shape index (κ2) is 10.6. The van der Waals surface area contributed by atoms with Crippen molar-refractivity contribution in [1.82, 2.24) is 14.7 Å². The maximum absolute atomic E-state index is 12.0. The number of nitrogens with one attached hydrogen (secondary N) is 3. The summed E-state index contributed by atoms with van der Waals surface area (Å²) in [7, 11) is -2.14. The number of halogens is 1.